The molecule has 0 amide bonds. The Balaban J connectivity index is 1.49. The first-order valence-electron chi connectivity index (χ1n) is 10.7. The van der Waals surface area contributed by atoms with Crippen LogP contribution in [0.5, 0.6) is 5.75 Å². The number of ether oxygens (including phenoxy) is 2. The molecule has 3 aromatic carbocycles. The maximum absolute atomic E-state index is 6.73. The van der Waals surface area contributed by atoms with Crippen molar-refractivity contribution in [2.45, 2.75) is 44.1 Å². The molecule has 0 unspecified atom stereocenters. The Kier molecular flexibility index (Phi) is 3.80. The molecule has 152 valence electrons. The Bertz CT molecular complexity index is 1160. The van der Waals surface area contributed by atoms with E-state index >= 15 is 0 Å². The van der Waals surface area contributed by atoms with Crippen molar-refractivity contribution in [1.29, 1.82) is 0 Å². The van der Waals surface area contributed by atoms with Crippen LogP contribution in [0.3, 0.4) is 0 Å². The molecule has 3 aliphatic heterocycles. The molecule has 1 saturated heterocycles. The van der Waals surface area contributed by atoms with Crippen LogP contribution in [0.25, 0.3) is 16.5 Å². The van der Waals surface area contributed by atoms with Crippen LogP contribution in [0.2, 0.25) is 0 Å². The Labute approximate surface area is 177 Å². The monoisotopic (exact) mass is 398 g/mol. The zero-order chi connectivity index (χ0) is 20.3. The van der Waals surface area contributed by atoms with Gasteiger partial charge in [-0.15, -0.1) is 0 Å². The van der Waals surface area contributed by atoms with E-state index in [1.807, 2.05) is 0 Å². The van der Waals surface area contributed by atoms with Gasteiger partial charge in [0.15, 0.2) is 5.72 Å². The molecule has 1 N–H and O–H groups in total. The van der Waals surface area contributed by atoms with E-state index in [1.54, 1.807) is 0 Å². The largest absolute Gasteiger partial charge is 0.470 e. The minimum atomic E-state index is -0.441. The second-order valence-corrected chi connectivity index (χ2v) is 9.15. The third kappa shape index (κ3) is 2.68. The summed E-state index contributed by atoms with van der Waals surface area (Å²) in [5, 5.41) is 4.84. The maximum Gasteiger partial charge on any atom is 0.185 e. The summed E-state index contributed by atoms with van der Waals surface area (Å²) < 4.78 is 12.8. The Morgan fingerprint density at radius 1 is 0.967 bits per heavy atom. The van der Waals surface area contributed by atoms with E-state index in [9.17, 15) is 0 Å². The Morgan fingerprint density at radius 2 is 1.77 bits per heavy atom. The minimum absolute atomic E-state index is 0.123. The van der Waals surface area contributed by atoms with Crippen molar-refractivity contribution in [2.24, 2.45) is 0 Å². The van der Waals surface area contributed by atoms with E-state index in [0.29, 0.717) is 6.61 Å². The van der Waals surface area contributed by atoms with Crippen molar-refractivity contribution in [3.05, 3.63) is 83.9 Å². The summed E-state index contributed by atoms with van der Waals surface area (Å²) in [5.74, 6) is 0.980. The quantitative estimate of drug-likeness (QED) is 0.593. The zero-order valence-corrected chi connectivity index (χ0v) is 17.4. The molecule has 3 aliphatic rings. The second kappa shape index (κ2) is 6.34. The van der Waals surface area contributed by atoms with E-state index in [2.05, 4.69) is 97.1 Å². The maximum atomic E-state index is 6.73. The summed E-state index contributed by atoms with van der Waals surface area (Å²) in [6.45, 7) is 4.99. The highest BCUT2D eigenvalue weighted by Gasteiger charge is 2.54. The highest BCUT2D eigenvalue weighted by atomic mass is 16.5. The molecule has 4 heteroatoms. The van der Waals surface area contributed by atoms with Gasteiger partial charge in [-0.3, -0.25) is 0 Å². The lowest BCUT2D eigenvalue weighted by Crippen LogP contribution is -2.64. The van der Waals surface area contributed by atoms with Crippen molar-refractivity contribution in [1.82, 2.24) is 10.4 Å². The number of hydrazine groups is 1. The van der Waals surface area contributed by atoms with Crippen LogP contribution < -0.4 is 10.2 Å². The molecular weight excluding hydrogens is 372 g/mol. The smallest absolute Gasteiger partial charge is 0.185 e. The standard InChI is InChI=1S/C26H26N2O2/c1-25(2)17-26(14-15-29-25)28-23(21-11-5-6-13-24(21)30-26)16-22(27-28)20-12-7-9-18-8-3-4-10-19(18)20/h3-13,16,23,27H,14-15,17H2,1-2H3/t23-,26-/m1/s1. The predicted octanol–water partition coefficient (Wildman–Crippen LogP) is 5.42. The van der Waals surface area contributed by atoms with E-state index < -0.39 is 5.72 Å². The summed E-state index contributed by atoms with van der Waals surface area (Å²) >= 11 is 0. The first-order chi connectivity index (χ1) is 14.5. The van der Waals surface area contributed by atoms with Crippen LogP contribution in [0, 0.1) is 0 Å². The lowest BCUT2D eigenvalue weighted by Gasteiger charge is -2.53. The molecule has 2 atom stereocenters. The van der Waals surface area contributed by atoms with E-state index in [0.717, 1.165) is 24.3 Å². The number of benzene rings is 3. The van der Waals surface area contributed by atoms with E-state index in [-0.39, 0.29) is 11.6 Å². The zero-order valence-electron chi connectivity index (χ0n) is 17.4. The van der Waals surface area contributed by atoms with Gasteiger partial charge in [0, 0.05) is 24.0 Å². The van der Waals surface area contributed by atoms with Crippen molar-refractivity contribution < 1.29 is 9.47 Å². The molecule has 0 radical (unpaired) electrons. The van der Waals surface area contributed by atoms with Crippen LogP contribution in [0.4, 0.5) is 0 Å². The first kappa shape index (κ1) is 18.0. The van der Waals surface area contributed by atoms with Crippen LogP contribution in [-0.2, 0) is 4.74 Å². The summed E-state index contributed by atoms with van der Waals surface area (Å²) in [7, 11) is 0. The summed E-state index contributed by atoms with van der Waals surface area (Å²) in [5.41, 5.74) is 6.64. The molecule has 1 fully saturated rings. The molecule has 0 saturated carbocycles. The highest BCUT2D eigenvalue weighted by molar-refractivity contribution is 5.93. The third-order valence-corrected chi connectivity index (χ3v) is 6.59. The van der Waals surface area contributed by atoms with Crippen LogP contribution in [0.1, 0.15) is 43.9 Å². The lowest BCUT2D eigenvalue weighted by molar-refractivity contribution is -0.218. The number of fused-ring (bicyclic) bond motifs is 5. The predicted molar refractivity (Wildman–Crippen MR) is 119 cm³/mol. The van der Waals surface area contributed by atoms with Crippen molar-refractivity contribution in [3.63, 3.8) is 0 Å². The fourth-order valence-electron chi connectivity index (χ4n) is 5.32. The summed E-state index contributed by atoms with van der Waals surface area (Å²) in [6, 6.07) is 23.6. The number of hydrogen-bond donors (Lipinski definition) is 1. The van der Waals surface area contributed by atoms with E-state index in [4.69, 9.17) is 9.47 Å². The van der Waals surface area contributed by atoms with Gasteiger partial charge in [0.05, 0.1) is 23.9 Å². The molecule has 4 nitrogen and oxygen atoms in total. The second-order valence-electron chi connectivity index (χ2n) is 9.15. The highest BCUT2D eigenvalue weighted by Crippen LogP contribution is 2.50. The number of para-hydroxylation sites is 1. The Morgan fingerprint density at radius 3 is 2.67 bits per heavy atom. The van der Waals surface area contributed by atoms with E-state index in [1.165, 1.54) is 21.9 Å². The minimum Gasteiger partial charge on any atom is -0.470 e. The number of nitrogens with one attached hydrogen (secondary N) is 1. The van der Waals surface area contributed by atoms with Crippen LogP contribution in [0.15, 0.2) is 72.8 Å². The molecule has 0 bridgehead atoms. The molecule has 3 heterocycles. The number of nitrogens with zero attached hydrogens (tertiary/aromatic N) is 1. The lowest BCUT2D eigenvalue weighted by atomic mass is 9.87. The fourth-order valence-corrected chi connectivity index (χ4v) is 5.32. The van der Waals surface area contributed by atoms with Gasteiger partial charge in [0.2, 0.25) is 0 Å². The van der Waals surface area contributed by atoms with Crippen molar-refractivity contribution in [3.8, 4) is 5.75 Å². The Hall–Kier alpha value is -2.82. The van der Waals surface area contributed by atoms with Gasteiger partial charge in [-0.2, -0.15) is 5.01 Å². The number of rotatable bonds is 1. The molecule has 6 rings (SSSR count). The molecule has 1 spiro atoms. The molecule has 30 heavy (non-hydrogen) atoms. The molecule has 3 aromatic rings. The average molecular weight is 399 g/mol. The van der Waals surface area contributed by atoms with Crippen molar-refractivity contribution in [2.75, 3.05) is 6.61 Å². The van der Waals surface area contributed by atoms with Crippen LogP contribution >= 0.6 is 0 Å². The van der Waals surface area contributed by atoms with Gasteiger partial charge in [0.25, 0.3) is 0 Å². The number of hydrogen-bond acceptors (Lipinski definition) is 4. The average Bonchev–Trinajstić information content (AvgIpc) is 3.19. The van der Waals surface area contributed by atoms with Gasteiger partial charge in [0.1, 0.15) is 5.75 Å². The van der Waals surface area contributed by atoms with Gasteiger partial charge < -0.3 is 14.9 Å². The normalized spacial score (nSPS) is 27.1. The molecular formula is C26H26N2O2. The van der Waals surface area contributed by atoms with Gasteiger partial charge >= 0.3 is 0 Å². The van der Waals surface area contributed by atoms with Gasteiger partial charge in [-0.25, -0.2) is 0 Å². The molecule has 0 aliphatic carbocycles. The first-order valence-corrected chi connectivity index (χ1v) is 10.7. The SMILES string of the molecule is CC1(C)C[C@@]2(CCO1)Oc1ccccc1[C@H]1C=C(c3cccc4ccccc34)NN12. The van der Waals surface area contributed by atoms with Gasteiger partial charge in [-0.05, 0) is 36.8 Å². The summed E-state index contributed by atoms with van der Waals surface area (Å²) in [4.78, 5) is 0. The van der Waals surface area contributed by atoms with Crippen molar-refractivity contribution >= 4 is 16.5 Å². The fraction of sp³-hybridized carbons (Fsp3) is 0.308. The molecule has 0 aromatic heterocycles. The van der Waals surface area contributed by atoms with Gasteiger partial charge in [-0.1, -0.05) is 60.7 Å². The van der Waals surface area contributed by atoms with Crippen LogP contribution in [-0.4, -0.2) is 22.9 Å². The topological polar surface area (TPSA) is 33.7 Å². The third-order valence-electron chi connectivity index (χ3n) is 6.59. The summed E-state index contributed by atoms with van der Waals surface area (Å²) in [6.07, 6.45) is 3.98.